The molecule has 0 fully saturated rings. The van der Waals surface area contributed by atoms with Crippen LogP contribution in [-0.2, 0) is 0 Å². The summed E-state index contributed by atoms with van der Waals surface area (Å²) in [4.78, 5) is 10.9. The van der Waals surface area contributed by atoms with Crippen molar-refractivity contribution in [3.8, 4) is 11.8 Å². The topological polar surface area (TPSA) is 83.8 Å². The van der Waals surface area contributed by atoms with Gasteiger partial charge in [-0.25, -0.2) is 9.48 Å². The second-order valence-corrected chi connectivity index (χ2v) is 5.34. The second-order valence-electron chi connectivity index (χ2n) is 5.34. The molecule has 0 unspecified atom stereocenters. The first kappa shape index (κ1) is 17.3. The number of aromatic nitrogens is 3. The number of nitriles is 1. The number of benzene rings is 1. The Hall–Kier alpha value is -2.07. The van der Waals surface area contributed by atoms with Crippen molar-refractivity contribution in [2.24, 2.45) is 0 Å². The van der Waals surface area contributed by atoms with E-state index in [1.165, 1.54) is 17.1 Å². The summed E-state index contributed by atoms with van der Waals surface area (Å²) in [5.74, 6) is -1.02. The molecule has 0 aliphatic carbocycles. The molecule has 3 rings (SSSR count). The first-order valence-electron chi connectivity index (χ1n) is 6.84. The molecule has 0 spiro atoms. The first-order chi connectivity index (χ1) is 10.5. The van der Waals surface area contributed by atoms with Crippen LogP contribution < -0.4 is 0 Å². The van der Waals surface area contributed by atoms with Gasteiger partial charge >= 0.3 is 35.5 Å². The van der Waals surface area contributed by atoms with Crippen LogP contribution in [0.2, 0.25) is 0 Å². The number of hydrogen-bond donors (Lipinski definition) is 1. The normalized spacial score (nSPS) is 10.5. The van der Waals surface area contributed by atoms with Gasteiger partial charge in [0.1, 0.15) is 6.07 Å². The van der Waals surface area contributed by atoms with E-state index in [4.69, 9.17) is 5.11 Å². The van der Waals surface area contributed by atoms with E-state index in [9.17, 15) is 10.1 Å². The third-order valence-corrected chi connectivity index (χ3v) is 3.59. The molecule has 0 saturated heterocycles. The number of nitrogens with zero attached hydrogens (tertiary/aromatic N) is 4. The standard InChI is InChI=1S/C16H14N4O2.Na.H/c1-10(2)19-8-11(6-17)14-5-13(3-4-15(14)19)20-9-12(7-18-20)16(21)22;;/h3-5,7-10H,1-2H3,(H,21,22);;. The Balaban J connectivity index is 0.00000192. The van der Waals surface area contributed by atoms with Crippen molar-refractivity contribution >= 4 is 46.4 Å². The van der Waals surface area contributed by atoms with Crippen LogP contribution in [0.25, 0.3) is 16.6 Å². The maximum absolute atomic E-state index is 10.9. The summed E-state index contributed by atoms with van der Waals surface area (Å²) in [6.45, 7) is 4.11. The summed E-state index contributed by atoms with van der Waals surface area (Å²) in [6.07, 6.45) is 4.59. The molecule has 0 aliphatic rings. The number of carbonyl (C=O) groups is 1. The summed E-state index contributed by atoms with van der Waals surface area (Å²) >= 11 is 0. The third kappa shape index (κ3) is 3.04. The van der Waals surface area contributed by atoms with E-state index >= 15 is 0 Å². The molecule has 7 heteroatoms. The van der Waals surface area contributed by atoms with Gasteiger partial charge in [-0.05, 0) is 32.0 Å². The van der Waals surface area contributed by atoms with Crippen LogP contribution in [-0.4, -0.2) is 55.0 Å². The van der Waals surface area contributed by atoms with E-state index in [0.29, 0.717) is 5.56 Å². The zero-order chi connectivity index (χ0) is 15.9. The van der Waals surface area contributed by atoms with Crippen molar-refractivity contribution in [2.45, 2.75) is 19.9 Å². The van der Waals surface area contributed by atoms with Crippen LogP contribution in [0.4, 0.5) is 0 Å². The zero-order valence-electron chi connectivity index (χ0n) is 12.2. The fourth-order valence-electron chi connectivity index (χ4n) is 2.48. The summed E-state index contributed by atoms with van der Waals surface area (Å²) in [5.41, 5.74) is 2.41. The van der Waals surface area contributed by atoms with Gasteiger partial charge in [0.2, 0.25) is 0 Å². The van der Waals surface area contributed by atoms with Gasteiger partial charge in [-0.15, -0.1) is 0 Å². The molecule has 3 aromatic rings. The Morgan fingerprint density at radius 1 is 1.35 bits per heavy atom. The van der Waals surface area contributed by atoms with E-state index in [1.54, 1.807) is 0 Å². The van der Waals surface area contributed by atoms with Crippen LogP contribution in [0.15, 0.2) is 36.8 Å². The fraction of sp³-hybridized carbons (Fsp3) is 0.188. The number of rotatable bonds is 3. The Kier molecular flexibility index (Phi) is 4.95. The fourth-order valence-corrected chi connectivity index (χ4v) is 2.48. The molecule has 2 heterocycles. The average molecular weight is 318 g/mol. The van der Waals surface area contributed by atoms with Gasteiger partial charge in [-0.1, -0.05) is 0 Å². The van der Waals surface area contributed by atoms with Gasteiger partial charge < -0.3 is 9.67 Å². The molecular formula is C16H15N4NaO2. The van der Waals surface area contributed by atoms with E-state index in [2.05, 4.69) is 25.0 Å². The quantitative estimate of drug-likeness (QED) is 0.751. The molecule has 0 atom stereocenters. The monoisotopic (exact) mass is 318 g/mol. The van der Waals surface area contributed by atoms with Crippen LogP contribution in [0, 0.1) is 11.3 Å². The molecule has 112 valence electrons. The van der Waals surface area contributed by atoms with E-state index in [0.717, 1.165) is 16.6 Å². The first-order valence-corrected chi connectivity index (χ1v) is 6.84. The zero-order valence-corrected chi connectivity index (χ0v) is 12.2. The minimum atomic E-state index is -1.02. The van der Waals surface area contributed by atoms with Crippen LogP contribution in [0.5, 0.6) is 0 Å². The average Bonchev–Trinajstić information content (AvgIpc) is 3.11. The summed E-state index contributed by atoms with van der Waals surface area (Å²) < 4.78 is 3.54. The number of carboxylic acid groups (broad SMARTS) is 1. The van der Waals surface area contributed by atoms with E-state index < -0.39 is 5.97 Å². The predicted molar refractivity (Wildman–Crippen MR) is 88.3 cm³/mol. The minimum absolute atomic E-state index is 0. The SMILES string of the molecule is CC(C)n1cc(C#N)c2cc(-n3cc(C(=O)O)cn3)ccc21.[NaH]. The van der Waals surface area contributed by atoms with Crippen molar-refractivity contribution in [3.05, 3.63) is 47.9 Å². The number of fused-ring (bicyclic) bond motifs is 1. The van der Waals surface area contributed by atoms with Crippen molar-refractivity contribution in [1.82, 2.24) is 14.3 Å². The van der Waals surface area contributed by atoms with Gasteiger partial charge in [-0.3, -0.25) is 0 Å². The van der Waals surface area contributed by atoms with Gasteiger partial charge in [-0.2, -0.15) is 10.4 Å². The Labute approximate surface area is 155 Å². The molecule has 0 amide bonds. The molecule has 0 bridgehead atoms. The van der Waals surface area contributed by atoms with Gasteiger partial charge in [0.15, 0.2) is 0 Å². The third-order valence-electron chi connectivity index (χ3n) is 3.59. The Morgan fingerprint density at radius 2 is 2.09 bits per heavy atom. The van der Waals surface area contributed by atoms with E-state index in [-0.39, 0.29) is 41.2 Å². The van der Waals surface area contributed by atoms with Gasteiger partial charge in [0.05, 0.1) is 23.0 Å². The molecule has 1 N–H and O–H groups in total. The van der Waals surface area contributed by atoms with E-state index in [1.807, 2.05) is 29.0 Å². The summed E-state index contributed by atoms with van der Waals surface area (Å²) in [5, 5.41) is 23.2. The Bertz CT molecular complexity index is 918. The predicted octanol–water partition coefficient (Wildman–Crippen LogP) is 2.33. The molecule has 0 radical (unpaired) electrons. The number of hydrogen-bond acceptors (Lipinski definition) is 3. The number of aromatic carboxylic acids is 1. The molecule has 1 aromatic carbocycles. The van der Waals surface area contributed by atoms with Crippen molar-refractivity contribution in [2.75, 3.05) is 0 Å². The number of carboxylic acids is 1. The molecule has 0 aliphatic heterocycles. The van der Waals surface area contributed by atoms with Crippen LogP contribution in [0.3, 0.4) is 0 Å². The van der Waals surface area contributed by atoms with Crippen LogP contribution in [0.1, 0.15) is 35.8 Å². The van der Waals surface area contributed by atoms with Crippen molar-refractivity contribution < 1.29 is 9.90 Å². The van der Waals surface area contributed by atoms with Crippen LogP contribution >= 0.6 is 0 Å². The summed E-state index contributed by atoms with van der Waals surface area (Å²) in [7, 11) is 0. The van der Waals surface area contributed by atoms with Crippen molar-refractivity contribution in [3.63, 3.8) is 0 Å². The van der Waals surface area contributed by atoms with Crippen molar-refractivity contribution in [1.29, 1.82) is 5.26 Å². The second kappa shape index (κ2) is 6.59. The molecule has 6 nitrogen and oxygen atoms in total. The summed E-state index contributed by atoms with van der Waals surface area (Å²) in [6, 6.07) is 8.09. The molecule has 0 saturated carbocycles. The van der Waals surface area contributed by atoms with Gasteiger partial charge in [0.25, 0.3) is 0 Å². The van der Waals surface area contributed by atoms with Gasteiger partial charge in [0, 0.05) is 29.3 Å². The molecule has 2 aromatic heterocycles. The molecule has 23 heavy (non-hydrogen) atoms. The Morgan fingerprint density at radius 3 is 2.65 bits per heavy atom. The molecular weight excluding hydrogens is 303 g/mol. The maximum atomic E-state index is 10.9.